The minimum Gasteiger partial charge on any atom is -0.465 e. The molecule has 1 saturated heterocycles. The largest absolute Gasteiger partial charge is 0.465 e. The molecule has 0 unspecified atom stereocenters. The molecule has 0 N–H and O–H groups in total. The molecule has 0 aromatic heterocycles. The summed E-state index contributed by atoms with van der Waals surface area (Å²) in [4.78, 5) is 25.4. The van der Waals surface area contributed by atoms with Crippen molar-refractivity contribution in [3.05, 3.63) is 0 Å². The van der Waals surface area contributed by atoms with Gasteiger partial charge in [-0.25, -0.2) is 0 Å². The van der Waals surface area contributed by atoms with E-state index < -0.39 is 0 Å². The number of hydrogen-bond acceptors (Lipinski definition) is 3. The van der Waals surface area contributed by atoms with Crippen molar-refractivity contribution in [3.8, 4) is 0 Å². The first-order valence-corrected chi connectivity index (χ1v) is 6.67. The molecule has 2 rings (SSSR count). The third kappa shape index (κ3) is 3.20. The number of carbonyl (C=O) groups is 2. The minimum atomic E-state index is -0.0784. The summed E-state index contributed by atoms with van der Waals surface area (Å²) in [5, 5.41) is 0. The lowest BCUT2D eigenvalue weighted by molar-refractivity contribution is -0.151. The number of carbonyl (C=O) groups excluding carboxylic acids is 2. The summed E-state index contributed by atoms with van der Waals surface area (Å²) in [5.41, 5.74) is 0. The van der Waals surface area contributed by atoms with E-state index in [1.165, 1.54) is 0 Å². The number of nitrogens with zero attached hydrogens (tertiary/aromatic N) is 1. The first-order valence-electron chi connectivity index (χ1n) is 6.67. The maximum Gasteiger partial charge on any atom is 0.309 e. The van der Waals surface area contributed by atoms with E-state index in [4.69, 9.17) is 4.74 Å². The summed E-state index contributed by atoms with van der Waals surface area (Å²) in [5.74, 6) is 0.513. The highest BCUT2D eigenvalue weighted by Gasteiger charge is 2.36. The Labute approximate surface area is 102 Å². The highest BCUT2D eigenvalue weighted by molar-refractivity contribution is 5.81. The van der Waals surface area contributed by atoms with Gasteiger partial charge in [-0.2, -0.15) is 0 Å². The van der Waals surface area contributed by atoms with Crippen LogP contribution in [0.15, 0.2) is 0 Å². The molecule has 17 heavy (non-hydrogen) atoms. The fraction of sp³-hybridized carbons (Fsp3) is 0.846. The average molecular weight is 239 g/mol. The van der Waals surface area contributed by atoms with E-state index in [1.54, 1.807) is 0 Å². The zero-order chi connectivity index (χ0) is 12.3. The molecular formula is C13H21NO3. The topological polar surface area (TPSA) is 46.6 Å². The number of esters is 1. The molecule has 0 spiro atoms. The van der Waals surface area contributed by atoms with Crippen molar-refractivity contribution in [2.75, 3.05) is 19.7 Å². The highest BCUT2D eigenvalue weighted by atomic mass is 16.5. The summed E-state index contributed by atoms with van der Waals surface area (Å²) >= 11 is 0. The normalized spacial score (nSPS) is 21.4. The smallest absolute Gasteiger partial charge is 0.309 e. The maximum absolute atomic E-state index is 11.8. The highest BCUT2D eigenvalue weighted by Crippen LogP contribution is 2.32. The quantitative estimate of drug-likeness (QED) is 0.700. The average Bonchev–Trinajstić information content (AvgIpc) is 3.19. The Morgan fingerprint density at radius 2 is 1.76 bits per heavy atom. The van der Waals surface area contributed by atoms with Gasteiger partial charge in [-0.3, -0.25) is 9.59 Å². The molecule has 1 aliphatic carbocycles. The molecule has 4 nitrogen and oxygen atoms in total. The van der Waals surface area contributed by atoms with E-state index in [0.717, 1.165) is 45.2 Å². The lowest BCUT2D eigenvalue weighted by Crippen LogP contribution is -2.41. The molecule has 0 bridgehead atoms. The van der Waals surface area contributed by atoms with Crippen molar-refractivity contribution in [1.82, 2.24) is 4.90 Å². The maximum atomic E-state index is 11.8. The van der Waals surface area contributed by atoms with E-state index in [-0.39, 0.29) is 11.9 Å². The van der Waals surface area contributed by atoms with E-state index in [9.17, 15) is 9.59 Å². The molecule has 0 aromatic rings. The predicted octanol–water partition coefficient (Wildman–Crippen LogP) is 1.59. The SMILES string of the molecule is CCCOC(=O)C1CCN(C(=O)C2CC2)CC1. The van der Waals surface area contributed by atoms with E-state index in [0.29, 0.717) is 18.4 Å². The van der Waals surface area contributed by atoms with Crippen molar-refractivity contribution in [2.45, 2.75) is 39.0 Å². The molecule has 0 atom stereocenters. The Morgan fingerprint density at radius 3 is 2.29 bits per heavy atom. The van der Waals surface area contributed by atoms with Gasteiger partial charge in [-0.1, -0.05) is 6.92 Å². The molecule has 0 aromatic carbocycles. The number of amides is 1. The van der Waals surface area contributed by atoms with Gasteiger partial charge in [-0.05, 0) is 32.1 Å². The summed E-state index contributed by atoms with van der Waals surface area (Å²) in [6.45, 7) is 3.95. The van der Waals surface area contributed by atoms with Gasteiger partial charge >= 0.3 is 5.97 Å². The zero-order valence-corrected chi connectivity index (χ0v) is 10.5. The second kappa shape index (κ2) is 5.52. The Kier molecular flexibility index (Phi) is 4.02. The Hall–Kier alpha value is -1.06. The number of piperidine rings is 1. The van der Waals surface area contributed by atoms with Crippen LogP contribution in [0.1, 0.15) is 39.0 Å². The van der Waals surface area contributed by atoms with E-state index in [2.05, 4.69) is 0 Å². The van der Waals surface area contributed by atoms with E-state index >= 15 is 0 Å². The predicted molar refractivity (Wildman–Crippen MR) is 63.3 cm³/mol. The molecule has 1 saturated carbocycles. The van der Waals surface area contributed by atoms with Gasteiger partial charge in [0.05, 0.1) is 12.5 Å². The molecule has 4 heteroatoms. The third-order valence-electron chi connectivity index (χ3n) is 3.52. The van der Waals surface area contributed by atoms with Crippen LogP contribution in [-0.4, -0.2) is 36.5 Å². The van der Waals surface area contributed by atoms with Crippen molar-refractivity contribution < 1.29 is 14.3 Å². The molecule has 0 radical (unpaired) electrons. The molecule has 1 aliphatic heterocycles. The van der Waals surface area contributed by atoms with Gasteiger partial charge in [0.25, 0.3) is 0 Å². The van der Waals surface area contributed by atoms with Crippen LogP contribution < -0.4 is 0 Å². The Balaban J connectivity index is 1.73. The monoisotopic (exact) mass is 239 g/mol. The number of ether oxygens (including phenoxy) is 1. The first kappa shape index (κ1) is 12.4. The van der Waals surface area contributed by atoms with Gasteiger partial charge in [-0.15, -0.1) is 0 Å². The van der Waals surface area contributed by atoms with E-state index in [1.807, 2.05) is 11.8 Å². The fourth-order valence-electron chi connectivity index (χ4n) is 2.24. The van der Waals surface area contributed by atoms with Crippen LogP contribution in [0.5, 0.6) is 0 Å². The molecule has 96 valence electrons. The summed E-state index contributed by atoms with van der Waals surface area (Å²) < 4.78 is 5.14. The lowest BCUT2D eigenvalue weighted by Gasteiger charge is -2.31. The number of rotatable bonds is 4. The van der Waals surface area contributed by atoms with Gasteiger partial charge in [0.2, 0.25) is 5.91 Å². The van der Waals surface area contributed by atoms with Gasteiger partial charge in [0.1, 0.15) is 0 Å². The Bertz CT molecular complexity index is 291. The van der Waals surface area contributed by atoms with Crippen molar-refractivity contribution in [2.24, 2.45) is 11.8 Å². The summed E-state index contributed by atoms with van der Waals surface area (Å²) in [6.07, 6.45) is 4.50. The number of hydrogen-bond donors (Lipinski definition) is 0. The van der Waals surface area contributed by atoms with Gasteiger partial charge < -0.3 is 9.64 Å². The van der Waals surface area contributed by atoms with Crippen LogP contribution in [0, 0.1) is 11.8 Å². The molecule has 1 amide bonds. The second-order valence-corrected chi connectivity index (χ2v) is 5.04. The van der Waals surface area contributed by atoms with Crippen LogP contribution in [0.3, 0.4) is 0 Å². The fourth-order valence-corrected chi connectivity index (χ4v) is 2.24. The Morgan fingerprint density at radius 1 is 1.12 bits per heavy atom. The summed E-state index contributed by atoms with van der Waals surface area (Å²) in [7, 11) is 0. The minimum absolute atomic E-state index is 0.00445. The third-order valence-corrected chi connectivity index (χ3v) is 3.52. The van der Waals surface area contributed by atoms with Crippen LogP contribution in [0.25, 0.3) is 0 Å². The van der Waals surface area contributed by atoms with Crippen molar-refractivity contribution in [3.63, 3.8) is 0 Å². The van der Waals surface area contributed by atoms with Crippen LogP contribution in [-0.2, 0) is 14.3 Å². The summed E-state index contributed by atoms with van der Waals surface area (Å²) in [6, 6.07) is 0. The van der Waals surface area contributed by atoms with Crippen molar-refractivity contribution in [1.29, 1.82) is 0 Å². The zero-order valence-electron chi connectivity index (χ0n) is 10.5. The van der Waals surface area contributed by atoms with Crippen LogP contribution in [0.4, 0.5) is 0 Å². The van der Waals surface area contributed by atoms with Crippen LogP contribution in [0.2, 0.25) is 0 Å². The second-order valence-electron chi connectivity index (χ2n) is 5.04. The van der Waals surface area contributed by atoms with Crippen LogP contribution >= 0.6 is 0 Å². The first-order chi connectivity index (χ1) is 8.22. The lowest BCUT2D eigenvalue weighted by atomic mass is 9.97. The standard InChI is InChI=1S/C13H21NO3/c1-2-9-17-13(16)11-5-7-14(8-6-11)12(15)10-3-4-10/h10-11H,2-9H2,1H3. The van der Waals surface area contributed by atoms with Gasteiger partial charge in [0.15, 0.2) is 0 Å². The van der Waals surface area contributed by atoms with Gasteiger partial charge in [0, 0.05) is 19.0 Å². The molecule has 2 aliphatic rings. The molecular weight excluding hydrogens is 218 g/mol. The molecule has 2 fully saturated rings. The number of likely N-dealkylation sites (tertiary alicyclic amines) is 1. The molecule has 1 heterocycles. The van der Waals surface area contributed by atoms with Crippen molar-refractivity contribution >= 4 is 11.9 Å².